The quantitative estimate of drug-likeness (QED) is 0.0290. The first-order valence-electron chi connectivity index (χ1n) is 27.5. The van der Waals surface area contributed by atoms with E-state index in [0.717, 1.165) is 83.7 Å². The topological polar surface area (TPSA) is 139 Å². The van der Waals surface area contributed by atoms with Crippen molar-refractivity contribution in [3.05, 3.63) is 132 Å². The van der Waals surface area contributed by atoms with Gasteiger partial charge in [-0.15, -0.1) is 6.58 Å². The van der Waals surface area contributed by atoms with Gasteiger partial charge in [0.25, 0.3) is 0 Å². The molecular weight excluding hydrogens is 915 g/mol. The number of aliphatic hydroxyl groups is 2. The monoisotopic (exact) mass is 998 g/mol. The Kier molecular flexibility index (Phi) is 20.6. The predicted octanol–water partition coefficient (Wildman–Crippen LogP) is 13.5. The van der Waals surface area contributed by atoms with E-state index < -0.39 is 29.4 Å². The van der Waals surface area contributed by atoms with Crippen LogP contribution in [0.3, 0.4) is 0 Å². The highest BCUT2D eigenvalue weighted by atomic mass is 16.7. The molecular formula is C62H83N3O8. The number of aliphatic hydroxyl groups excluding tert-OH is 2. The summed E-state index contributed by atoms with van der Waals surface area (Å²) in [6.07, 6.45) is 19.0. The van der Waals surface area contributed by atoms with Crippen LogP contribution in [-0.4, -0.2) is 70.1 Å². The normalized spacial score (nSPS) is 21.6. The molecule has 394 valence electrons. The van der Waals surface area contributed by atoms with E-state index in [1.54, 1.807) is 12.1 Å². The number of carbonyl (C=O) groups excluding carboxylic acids is 2. The van der Waals surface area contributed by atoms with Crippen LogP contribution in [0, 0.1) is 17.8 Å². The van der Waals surface area contributed by atoms with Gasteiger partial charge in [0.1, 0.15) is 23.1 Å². The summed E-state index contributed by atoms with van der Waals surface area (Å²) in [5.41, 5.74) is 3.94. The molecule has 2 amide bonds. The van der Waals surface area contributed by atoms with E-state index in [4.69, 9.17) is 24.2 Å². The minimum atomic E-state index is -1.43. The largest absolute Gasteiger partial charge is 0.459 e. The van der Waals surface area contributed by atoms with Crippen molar-refractivity contribution in [2.24, 2.45) is 22.9 Å². The average molecular weight is 998 g/mol. The van der Waals surface area contributed by atoms with E-state index in [1.165, 1.54) is 38.5 Å². The Morgan fingerprint density at radius 1 is 0.849 bits per heavy atom. The lowest BCUT2D eigenvalue weighted by molar-refractivity contribution is -0.258. The second kappa shape index (κ2) is 27.2. The number of hydrogen-bond donors (Lipinski definition) is 3. The molecule has 6 atom stereocenters. The van der Waals surface area contributed by atoms with Gasteiger partial charge in [-0.25, -0.2) is 4.79 Å². The molecule has 7 rings (SSSR count). The van der Waals surface area contributed by atoms with Crippen molar-refractivity contribution < 1.29 is 38.9 Å². The van der Waals surface area contributed by atoms with Crippen molar-refractivity contribution in [1.29, 1.82) is 0 Å². The summed E-state index contributed by atoms with van der Waals surface area (Å²) < 4.78 is 20.9. The molecule has 4 aromatic rings. The smallest absolute Gasteiger partial charge is 0.412 e. The summed E-state index contributed by atoms with van der Waals surface area (Å²) in [6, 6.07) is 29.3. The fourth-order valence-corrected chi connectivity index (χ4v) is 11.5. The van der Waals surface area contributed by atoms with Gasteiger partial charge in [-0.2, -0.15) is 0 Å². The Labute approximate surface area is 435 Å². The van der Waals surface area contributed by atoms with E-state index in [2.05, 4.69) is 55.2 Å². The molecule has 11 nitrogen and oxygen atoms in total. The van der Waals surface area contributed by atoms with Crippen LogP contribution in [0.25, 0.3) is 10.8 Å². The van der Waals surface area contributed by atoms with Gasteiger partial charge in [-0.05, 0) is 110 Å². The van der Waals surface area contributed by atoms with Gasteiger partial charge in [0.05, 0.1) is 18.2 Å². The van der Waals surface area contributed by atoms with Gasteiger partial charge in [0.2, 0.25) is 11.7 Å². The van der Waals surface area contributed by atoms with Crippen molar-refractivity contribution in [1.82, 2.24) is 10.2 Å². The lowest BCUT2D eigenvalue weighted by atomic mass is 9.55. The lowest BCUT2D eigenvalue weighted by Crippen LogP contribution is -2.70. The van der Waals surface area contributed by atoms with Gasteiger partial charge in [-0.1, -0.05) is 161 Å². The molecule has 6 unspecified atom stereocenters. The summed E-state index contributed by atoms with van der Waals surface area (Å²) in [4.78, 5) is 37.4. The van der Waals surface area contributed by atoms with Crippen molar-refractivity contribution in [2.45, 2.75) is 173 Å². The third kappa shape index (κ3) is 14.4. The number of benzene rings is 4. The molecule has 3 aliphatic rings. The second-order valence-electron chi connectivity index (χ2n) is 21.4. The van der Waals surface area contributed by atoms with Gasteiger partial charge < -0.3 is 39.5 Å². The standard InChI is InChI=1S/C62H83N3O8/c1-6-8-9-10-11-12-13-14-18-34-57(68)65(44-48-31-25-30-46-28-19-20-32-50(46)48)56-42-54(64-73-61(3,4)5)52-40-47(29-21-23-37-66)51(33-22-24-38-67)58-53-41-49(71-60(69)63-43-45-26-16-15-17-27-45)35-36-55(53)72-62(56,59(52)58)70-39-7-2/h7,15-17,19-20,25-28,30-32,35-36,40-41,47,51,56,58-59,66-67H,2,6,8-14,18,21-24,29,33-34,37-39,42-44H2,1,3-5H3,(H,63,69). The molecule has 0 radical (unpaired) electrons. The van der Waals surface area contributed by atoms with Crippen LogP contribution in [0.2, 0.25) is 0 Å². The molecule has 2 aliphatic carbocycles. The van der Waals surface area contributed by atoms with E-state index in [9.17, 15) is 15.0 Å². The zero-order valence-electron chi connectivity index (χ0n) is 44.2. The molecule has 0 spiro atoms. The Balaban J connectivity index is 1.38. The van der Waals surface area contributed by atoms with Crippen LogP contribution >= 0.6 is 0 Å². The SMILES string of the molecule is C=CCOC12Oc3ccc(OC(=O)NCc4ccccc4)cc3C3C(CCCCO)C(CCCCO)C=C(C(=NOC(C)(C)C)CC1N(Cc1cccc4ccccc14)C(=O)CCCCCCCCCCC)C32. The maximum absolute atomic E-state index is 15.5. The maximum Gasteiger partial charge on any atom is 0.412 e. The van der Waals surface area contributed by atoms with Gasteiger partial charge in [-0.3, -0.25) is 4.79 Å². The van der Waals surface area contributed by atoms with Crippen LogP contribution in [0.4, 0.5) is 4.79 Å². The zero-order valence-corrected chi connectivity index (χ0v) is 44.2. The Morgan fingerprint density at radius 3 is 2.27 bits per heavy atom. The first-order chi connectivity index (χ1) is 35.5. The minimum Gasteiger partial charge on any atom is -0.459 e. The summed E-state index contributed by atoms with van der Waals surface area (Å²) in [5.74, 6) is -1.18. The number of amides is 2. The summed E-state index contributed by atoms with van der Waals surface area (Å²) in [5, 5.41) is 30.3. The van der Waals surface area contributed by atoms with Crippen LogP contribution in [0.15, 0.2) is 120 Å². The van der Waals surface area contributed by atoms with Crippen LogP contribution < -0.4 is 14.8 Å². The van der Waals surface area contributed by atoms with E-state index in [1.807, 2.05) is 80.3 Å². The molecule has 11 heteroatoms. The van der Waals surface area contributed by atoms with Crippen molar-refractivity contribution in [3.63, 3.8) is 0 Å². The van der Waals surface area contributed by atoms with E-state index >= 15 is 4.79 Å². The fraction of sp³-hybridized carbons (Fsp3) is 0.532. The molecule has 1 fully saturated rings. The van der Waals surface area contributed by atoms with E-state index in [-0.39, 0.29) is 43.5 Å². The maximum atomic E-state index is 15.5. The number of nitrogens with one attached hydrogen (secondary N) is 1. The highest BCUT2D eigenvalue weighted by Gasteiger charge is 2.65. The highest BCUT2D eigenvalue weighted by molar-refractivity contribution is 6.03. The van der Waals surface area contributed by atoms with Gasteiger partial charge in [0, 0.05) is 50.6 Å². The van der Waals surface area contributed by atoms with E-state index in [0.29, 0.717) is 50.3 Å². The Morgan fingerprint density at radius 2 is 1.55 bits per heavy atom. The van der Waals surface area contributed by atoms with Crippen LogP contribution in [0.1, 0.15) is 159 Å². The summed E-state index contributed by atoms with van der Waals surface area (Å²) in [6.45, 7) is 13.3. The molecule has 1 aliphatic heterocycles. The number of nitrogens with zero attached hydrogens (tertiary/aromatic N) is 2. The number of rotatable bonds is 28. The number of unbranched alkanes of at least 4 members (excludes halogenated alkanes) is 10. The van der Waals surface area contributed by atoms with Crippen molar-refractivity contribution >= 4 is 28.5 Å². The molecule has 1 saturated carbocycles. The fourth-order valence-electron chi connectivity index (χ4n) is 11.5. The Hall–Kier alpha value is -5.49. The van der Waals surface area contributed by atoms with Crippen LogP contribution in [-0.2, 0) is 27.5 Å². The number of allylic oxidation sites excluding steroid dienone is 1. The molecule has 0 bridgehead atoms. The lowest BCUT2D eigenvalue weighted by Gasteiger charge is -2.60. The number of hydrogen-bond acceptors (Lipinski definition) is 9. The zero-order chi connectivity index (χ0) is 51.6. The third-order valence-electron chi connectivity index (χ3n) is 15.0. The number of ether oxygens (including phenoxy) is 3. The molecule has 3 N–H and O–H groups in total. The van der Waals surface area contributed by atoms with Gasteiger partial charge >= 0.3 is 6.09 Å². The number of oxime groups is 1. The van der Waals surface area contributed by atoms with Crippen molar-refractivity contribution in [2.75, 3.05) is 19.8 Å². The molecule has 0 aromatic heterocycles. The van der Waals surface area contributed by atoms with Gasteiger partial charge in [0.15, 0.2) is 0 Å². The highest BCUT2D eigenvalue weighted by Crippen LogP contribution is 2.62. The first kappa shape index (κ1) is 55.3. The summed E-state index contributed by atoms with van der Waals surface area (Å²) in [7, 11) is 0. The average Bonchev–Trinajstić information content (AvgIpc) is 3.39. The Bertz CT molecular complexity index is 2460. The first-order valence-corrected chi connectivity index (χ1v) is 27.5. The van der Waals surface area contributed by atoms with Crippen LogP contribution in [0.5, 0.6) is 11.5 Å². The molecule has 1 heterocycles. The minimum absolute atomic E-state index is 0.00299. The number of carbonyl (C=O) groups is 2. The summed E-state index contributed by atoms with van der Waals surface area (Å²) >= 11 is 0. The molecule has 0 saturated heterocycles. The number of fused-ring (bicyclic) bond motifs is 3. The predicted molar refractivity (Wildman–Crippen MR) is 291 cm³/mol. The molecule has 73 heavy (non-hydrogen) atoms. The second-order valence-corrected chi connectivity index (χ2v) is 21.4. The molecule has 4 aromatic carbocycles. The third-order valence-corrected chi connectivity index (χ3v) is 15.0. The van der Waals surface area contributed by atoms with Crippen molar-refractivity contribution in [3.8, 4) is 11.5 Å².